The fourth-order valence-electron chi connectivity index (χ4n) is 3.14. The highest BCUT2D eigenvalue weighted by Gasteiger charge is 2.21. The first-order valence-corrected chi connectivity index (χ1v) is 9.77. The van der Waals surface area contributed by atoms with E-state index in [-0.39, 0.29) is 6.03 Å². The van der Waals surface area contributed by atoms with E-state index in [1.165, 1.54) is 19.3 Å². The molecule has 2 amide bonds. The van der Waals surface area contributed by atoms with Gasteiger partial charge in [0.25, 0.3) is 0 Å². The normalized spacial score (nSPS) is 20.2. The number of amides is 2. The quantitative estimate of drug-likeness (QED) is 0.745. The Hall–Kier alpha value is -1.92. The summed E-state index contributed by atoms with van der Waals surface area (Å²) in [6, 6.07) is 7.49. The molecule has 1 heterocycles. The topological polar surface area (TPSA) is 63.2 Å². The van der Waals surface area contributed by atoms with E-state index in [1.807, 2.05) is 29.6 Å². The largest absolute Gasteiger partial charge is 0.376 e. The number of aromatic nitrogens is 1. The van der Waals surface area contributed by atoms with Gasteiger partial charge in [-0.25, -0.2) is 9.78 Å². The lowest BCUT2D eigenvalue weighted by molar-refractivity contribution is -0.00232. The highest BCUT2D eigenvalue weighted by Crippen LogP contribution is 2.26. The Bertz CT molecular complexity index is 658. The first kappa shape index (κ1) is 17.9. The van der Waals surface area contributed by atoms with Gasteiger partial charge in [0, 0.05) is 29.4 Å². The van der Waals surface area contributed by atoms with Gasteiger partial charge in [0.15, 0.2) is 0 Å². The first-order valence-electron chi connectivity index (χ1n) is 8.89. The van der Waals surface area contributed by atoms with E-state index in [9.17, 15) is 4.79 Å². The van der Waals surface area contributed by atoms with Crippen LogP contribution in [0.3, 0.4) is 0 Å². The summed E-state index contributed by atoms with van der Waals surface area (Å²) in [6.45, 7) is 3.33. The molecule has 2 aromatic rings. The Morgan fingerprint density at radius 1 is 1.28 bits per heavy atom. The average Bonchev–Trinajstić information content (AvgIpc) is 3.15. The fourth-order valence-corrected chi connectivity index (χ4v) is 3.79. The van der Waals surface area contributed by atoms with E-state index in [2.05, 4.69) is 22.5 Å². The van der Waals surface area contributed by atoms with Crippen LogP contribution in [0.2, 0.25) is 0 Å². The molecule has 3 rings (SSSR count). The number of urea groups is 1. The van der Waals surface area contributed by atoms with Crippen LogP contribution in [0, 0.1) is 5.92 Å². The van der Waals surface area contributed by atoms with E-state index in [0.717, 1.165) is 22.7 Å². The second kappa shape index (κ2) is 8.97. The molecule has 0 saturated heterocycles. The molecule has 0 spiro atoms. The number of hydrogen-bond acceptors (Lipinski definition) is 4. The van der Waals surface area contributed by atoms with Gasteiger partial charge >= 0.3 is 6.03 Å². The van der Waals surface area contributed by atoms with Gasteiger partial charge in [-0.15, -0.1) is 11.3 Å². The third-order valence-electron chi connectivity index (χ3n) is 4.57. The molecule has 1 saturated carbocycles. The van der Waals surface area contributed by atoms with Gasteiger partial charge in [0.1, 0.15) is 5.01 Å². The molecule has 6 heteroatoms. The van der Waals surface area contributed by atoms with Crippen molar-refractivity contribution >= 4 is 23.1 Å². The zero-order valence-corrected chi connectivity index (χ0v) is 15.3. The Labute approximate surface area is 152 Å². The van der Waals surface area contributed by atoms with E-state index in [0.29, 0.717) is 25.2 Å². The SMILES string of the molecule is C[C@H]1CCCC[C@@H]1OCCNC(=O)Nc1ccc(-c2nccs2)cc1. The second-order valence-corrected chi connectivity index (χ2v) is 7.36. The number of anilines is 1. The Morgan fingerprint density at radius 2 is 2.08 bits per heavy atom. The van der Waals surface area contributed by atoms with Gasteiger partial charge in [-0.1, -0.05) is 19.8 Å². The average molecular weight is 359 g/mol. The Kier molecular flexibility index (Phi) is 6.42. The van der Waals surface area contributed by atoms with Crippen LogP contribution in [-0.4, -0.2) is 30.3 Å². The summed E-state index contributed by atoms with van der Waals surface area (Å²) in [5, 5.41) is 8.61. The number of ether oxygens (including phenoxy) is 1. The molecule has 5 nitrogen and oxygen atoms in total. The third kappa shape index (κ3) is 5.28. The lowest BCUT2D eigenvalue weighted by Gasteiger charge is -2.28. The lowest BCUT2D eigenvalue weighted by Crippen LogP contribution is -2.34. The standard InChI is InChI=1S/C19H25N3O2S/c1-14-4-2-3-5-17(14)24-12-10-21-19(23)22-16-8-6-15(7-9-16)18-20-11-13-25-18/h6-9,11,13-14,17H,2-5,10,12H2,1H3,(H2,21,22,23)/t14-,17-/m0/s1. The van der Waals surface area contributed by atoms with E-state index in [1.54, 1.807) is 17.5 Å². The molecule has 1 aliphatic rings. The number of carbonyl (C=O) groups excluding carboxylic acids is 1. The minimum Gasteiger partial charge on any atom is -0.376 e. The Balaban J connectivity index is 1.37. The van der Waals surface area contributed by atoms with Crippen molar-refractivity contribution in [3.63, 3.8) is 0 Å². The van der Waals surface area contributed by atoms with Crippen LogP contribution in [0.15, 0.2) is 35.8 Å². The number of carbonyl (C=O) groups is 1. The molecule has 2 N–H and O–H groups in total. The molecule has 1 aliphatic carbocycles. The molecule has 1 aromatic heterocycles. The maximum Gasteiger partial charge on any atom is 0.319 e. The van der Waals surface area contributed by atoms with Crippen LogP contribution in [-0.2, 0) is 4.74 Å². The second-order valence-electron chi connectivity index (χ2n) is 6.47. The Morgan fingerprint density at radius 3 is 2.80 bits per heavy atom. The molecular weight excluding hydrogens is 334 g/mol. The summed E-state index contributed by atoms with van der Waals surface area (Å²) in [5.41, 5.74) is 1.82. The van der Waals surface area contributed by atoms with Crippen molar-refractivity contribution in [2.45, 2.75) is 38.7 Å². The summed E-state index contributed by atoms with van der Waals surface area (Å²) in [4.78, 5) is 16.2. The molecule has 2 atom stereocenters. The van der Waals surface area contributed by atoms with Crippen molar-refractivity contribution in [2.75, 3.05) is 18.5 Å². The summed E-state index contributed by atoms with van der Waals surface area (Å²) < 4.78 is 5.90. The van der Waals surface area contributed by atoms with Gasteiger partial charge < -0.3 is 15.4 Å². The van der Waals surface area contributed by atoms with Crippen LogP contribution in [0.25, 0.3) is 10.6 Å². The molecule has 0 bridgehead atoms. The zero-order valence-electron chi connectivity index (χ0n) is 14.5. The number of thiazole rings is 1. The van der Waals surface area contributed by atoms with Crippen molar-refractivity contribution in [3.8, 4) is 10.6 Å². The maximum absolute atomic E-state index is 12.0. The summed E-state index contributed by atoms with van der Waals surface area (Å²) in [5.74, 6) is 0.624. The van der Waals surface area contributed by atoms with Crippen molar-refractivity contribution in [3.05, 3.63) is 35.8 Å². The highest BCUT2D eigenvalue weighted by atomic mass is 32.1. The number of rotatable bonds is 6. The molecular formula is C19H25N3O2S. The van der Waals surface area contributed by atoms with E-state index in [4.69, 9.17) is 4.74 Å². The van der Waals surface area contributed by atoms with Crippen molar-refractivity contribution in [1.82, 2.24) is 10.3 Å². The van der Waals surface area contributed by atoms with Crippen LogP contribution in [0.4, 0.5) is 10.5 Å². The lowest BCUT2D eigenvalue weighted by atomic mass is 9.88. The molecule has 134 valence electrons. The van der Waals surface area contributed by atoms with Crippen molar-refractivity contribution < 1.29 is 9.53 Å². The monoisotopic (exact) mass is 359 g/mol. The predicted octanol–water partition coefficient (Wildman–Crippen LogP) is 4.53. The van der Waals surface area contributed by atoms with Gasteiger partial charge in [-0.3, -0.25) is 0 Å². The zero-order chi connectivity index (χ0) is 17.5. The number of benzene rings is 1. The molecule has 0 aliphatic heterocycles. The minimum absolute atomic E-state index is 0.206. The van der Waals surface area contributed by atoms with Gasteiger partial charge in [0.2, 0.25) is 0 Å². The molecule has 25 heavy (non-hydrogen) atoms. The van der Waals surface area contributed by atoms with Crippen LogP contribution in [0.1, 0.15) is 32.6 Å². The number of nitrogens with zero attached hydrogens (tertiary/aromatic N) is 1. The molecule has 1 fully saturated rings. The van der Waals surface area contributed by atoms with Crippen LogP contribution >= 0.6 is 11.3 Å². The van der Waals surface area contributed by atoms with Gasteiger partial charge in [0.05, 0.1) is 12.7 Å². The predicted molar refractivity (Wildman–Crippen MR) is 102 cm³/mol. The summed E-state index contributed by atoms with van der Waals surface area (Å²) in [7, 11) is 0. The highest BCUT2D eigenvalue weighted by molar-refractivity contribution is 7.13. The fraction of sp³-hybridized carbons (Fsp3) is 0.474. The smallest absolute Gasteiger partial charge is 0.319 e. The summed E-state index contributed by atoms with van der Waals surface area (Å²) in [6.07, 6.45) is 7.07. The number of nitrogens with one attached hydrogen (secondary N) is 2. The number of hydrogen-bond donors (Lipinski definition) is 2. The van der Waals surface area contributed by atoms with Gasteiger partial charge in [-0.05, 0) is 43.0 Å². The van der Waals surface area contributed by atoms with Crippen LogP contribution in [0.5, 0.6) is 0 Å². The maximum atomic E-state index is 12.0. The van der Waals surface area contributed by atoms with E-state index < -0.39 is 0 Å². The van der Waals surface area contributed by atoms with Crippen molar-refractivity contribution in [2.24, 2.45) is 5.92 Å². The first-order chi connectivity index (χ1) is 12.2. The minimum atomic E-state index is -0.206. The van der Waals surface area contributed by atoms with E-state index >= 15 is 0 Å². The van der Waals surface area contributed by atoms with Gasteiger partial charge in [-0.2, -0.15) is 0 Å². The third-order valence-corrected chi connectivity index (χ3v) is 5.40. The van der Waals surface area contributed by atoms with Crippen LogP contribution < -0.4 is 10.6 Å². The summed E-state index contributed by atoms with van der Waals surface area (Å²) >= 11 is 1.60. The molecule has 0 radical (unpaired) electrons. The molecule has 1 aromatic carbocycles. The van der Waals surface area contributed by atoms with Crippen molar-refractivity contribution in [1.29, 1.82) is 0 Å². The molecule has 0 unspecified atom stereocenters.